The van der Waals surface area contributed by atoms with Gasteiger partial charge >= 0.3 is 0 Å². The van der Waals surface area contributed by atoms with E-state index in [1.165, 1.54) is 10.8 Å². The third kappa shape index (κ3) is 3.82. The number of hydrogen-bond acceptors (Lipinski definition) is 3. The molecule has 3 rings (SSSR count). The van der Waals surface area contributed by atoms with Crippen molar-refractivity contribution in [1.29, 1.82) is 0 Å². The highest BCUT2D eigenvalue weighted by Crippen LogP contribution is 2.25. The van der Waals surface area contributed by atoms with E-state index in [-0.39, 0.29) is 0 Å². The lowest BCUT2D eigenvalue weighted by molar-refractivity contribution is 0.146. The third-order valence-corrected chi connectivity index (χ3v) is 3.78. The minimum Gasteiger partial charge on any atom is -0.491 e. The van der Waals surface area contributed by atoms with Crippen LogP contribution in [0.15, 0.2) is 66.7 Å². The van der Waals surface area contributed by atoms with Crippen LogP contribution in [0.3, 0.4) is 0 Å². The highest BCUT2D eigenvalue weighted by Gasteiger charge is 2.04. The Morgan fingerprint density at radius 1 is 0.826 bits per heavy atom. The second-order valence-corrected chi connectivity index (χ2v) is 5.33. The SMILES string of the molecule is COCCOc1ccccc1CNc1cccc2ccccc12. The van der Waals surface area contributed by atoms with Gasteiger partial charge in [0, 0.05) is 30.3 Å². The molecule has 0 bridgehead atoms. The standard InChI is InChI=1S/C20H21NO2/c1-22-13-14-23-20-12-5-3-8-17(20)15-21-19-11-6-9-16-7-2-4-10-18(16)19/h2-12,21H,13-15H2,1H3. The Kier molecular flexibility index (Phi) is 5.12. The molecule has 3 nitrogen and oxygen atoms in total. The molecule has 0 atom stereocenters. The van der Waals surface area contributed by atoms with E-state index in [0.29, 0.717) is 13.2 Å². The molecule has 3 heteroatoms. The van der Waals surface area contributed by atoms with Gasteiger partial charge in [-0.1, -0.05) is 54.6 Å². The molecule has 0 heterocycles. The molecule has 0 saturated carbocycles. The number of para-hydroxylation sites is 1. The molecule has 23 heavy (non-hydrogen) atoms. The molecule has 0 fully saturated rings. The number of nitrogens with one attached hydrogen (secondary N) is 1. The summed E-state index contributed by atoms with van der Waals surface area (Å²) < 4.78 is 10.8. The second-order valence-electron chi connectivity index (χ2n) is 5.33. The number of benzene rings is 3. The molecule has 0 aromatic heterocycles. The summed E-state index contributed by atoms with van der Waals surface area (Å²) in [6.07, 6.45) is 0. The number of fused-ring (bicyclic) bond motifs is 1. The lowest BCUT2D eigenvalue weighted by Crippen LogP contribution is -2.08. The van der Waals surface area contributed by atoms with E-state index in [9.17, 15) is 0 Å². The number of anilines is 1. The topological polar surface area (TPSA) is 30.5 Å². The molecule has 0 radical (unpaired) electrons. The molecule has 0 spiro atoms. The number of hydrogen-bond donors (Lipinski definition) is 1. The average molecular weight is 307 g/mol. The van der Waals surface area contributed by atoms with Crippen molar-refractivity contribution in [3.8, 4) is 5.75 Å². The van der Waals surface area contributed by atoms with Gasteiger partial charge in [-0.15, -0.1) is 0 Å². The molecule has 0 aliphatic rings. The normalized spacial score (nSPS) is 10.7. The average Bonchev–Trinajstić information content (AvgIpc) is 2.61. The van der Waals surface area contributed by atoms with Gasteiger partial charge in [-0.25, -0.2) is 0 Å². The van der Waals surface area contributed by atoms with Crippen molar-refractivity contribution < 1.29 is 9.47 Å². The maximum Gasteiger partial charge on any atom is 0.124 e. The zero-order chi connectivity index (χ0) is 15.9. The zero-order valence-corrected chi connectivity index (χ0v) is 13.3. The Morgan fingerprint density at radius 3 is 2.52 bits per heavy atom. The van der Waals surface area contributed by atoms with Gasteiger partial charge in [-0.05, 0) is 17.5 Å². The predicted octanol–water partition coefficient (Wildman–Crippen LogP) is 4.48. The van der Waals surface area contributed by atoms with Crippen LogP contribution in [0.1, 0.15) is 5.56 Å². The summed E-state index contributed by atoms with van der Waals surface area (Å²) in [6, 6.07) is 22.8. The number of ether oxygens (including phenoxy) is 2. The van der Waals surface area contributed by atoms with E-state index < -0.39 is 0 Å². The van der Waals surface area contributed by atoms with Crippen molar-refractivity contribution in [2.24, 2.45) is 0 Å². The molecule has 1 N–H and O–H groups in total. The molecular weight excluding hydrogens is 286 g/mol. The first-order valence-electron chi connectivity index (χ1n) is 7.80. The maximum absolute atomic E-state index is 5.79. The Labute approximate surface area is 136 Å². The van der Waals surface area contributed by atoms with Crippen LogP contribution >= 0.6 is 0 Å². The van der Waals surface area contributed by atoms with Gasteiger partial charge in [0.15, 0.2) is 0 Å². The van der Waals surface area contributed by atoms with Crippen LogP contribution < -0.4 is 10.1 Å². The predicted molar refractivity (Wildman–Crippen MR) is 95.1 cm³/mol. The molecule has 0 saturated heterocycles. The first-order valence-corrected chi connectivity index (χ1v) is 7.80. The van der Waals surface area contributed by atoms with Crippen LogP contribution in [0.4, 0.5) is 5.69 Å². The molecule has 0 aliphatic carbocycles. The van der Waals surface area contributed by atoms with E-state index in [1.807, 2.05) is 18.2 Å². The summed E-state index contributed by atoms with van der Waals surface area (Å²) in [5, 5.41) is 5.99. The van der Waals surface area contributed by atoms with Crippen molar-refractivity contribution >= 4 is 16.5 Å². The first kappa shape index (κ1) is 15.4. The quantitative estimate of drug-likeness (QED) is 0.653. The number of rotatable bonds is 7. The van der Waals surface area contributed by atoms with E-state index in [1.54, 1.807) is 7.11 Å². The van der Waals surface area contributed by atoms with E-state index in [2.05, 4.69) is 53.8 Å². The van der Waals surface area contributed by atoms with Crippen molar-refractivity contribution in [2.45, 2.75) is 6.54 Å². The first-order chi connectivity index (χ1) is 11.4. The summed E-state index contributed by atoms with van der Waals surface area (Å²) in [5.41, 5.74) is 2.27. The van der Waals surface area contributed by atoms with Gasteiger partial charge in [-0.3, -0.25) is 0 Å². The van der Waals surface area contributed by atoms with Gasteiger partial charge in [-0.2, -0.15) is 0 Å². The number of methoxy groups -OCH3 is 1. The van der Waals surface area contributed by atoms with Crippen LogP contribution in [0, 0.1) is 0 Å². The minimum absolute atomic E-state index is 0.557. The molecule has 0 aliphatic heterocycles. The van der Waals surface area contributed by atoms with Gasteiger partial charge in [0.2, 0.25) is 0 Å². The lowest BCUT2D eigenvalue weighted by atomic mass is 10.1. The Morgan fingerprint density at radius 2 is 1.61 bits per heavy atom. The summed E-state index contributed by atoms with van der Waals surface area (Å²) >= 11 is 0. The van der Waals surface area contributed by atoms with Crippen LogP contribution in [-0.2, 0) is 11.3 Å². The van der Waals surface area contributed by atoms with E-state index >= 15 is 0 Å². The smallest absolute Gasteiger partial charge is 0.124 e. The highest BCUT2D eigenvalue weighted by atomic mass is 16.5. The summed E-state index contributed by atoms with van der Waals surface area (Å²) in [5.74, 6) is 0.900. The van der Waals surface area contributed by atoms with Crippen LogP contribution in [-0.4, -0.2) is 20.3 Å². The summed E-state index contributed by atoms with van der Waals surface area (Å²) in [4.78, 5) is 0. The summed E-state index contributed by atoms with van der Waals surface area (Å²) in [7, 11) is 1.68. The molecule has 3 aromatic carbocycles. The Balaban J connectivity index is 1.75. The van der Waals surface area contributed by atoms with Crippen molar-refractivity contribution in [2.75, 3.05) is 25.6 Å². The highest BCUT2D eigenvalue weighted by molar-refractivity contribution is 5.93. The van der Waals surface area contributed by atoms with Crippen molar-refractivity contribution in [3.63, 3.8) is 0 Å². The molecule has 0 unspecified atom stereocenters. The van der Waals surface area contributed by atoms with Crippen LogP contribution in [0.25, 0.3) is 10.8 Å². The van der Waals surface area contributed by atoms with Crippen molar-refractivity contribution in [3.05, 3.63) is 72.3 Å². The molecular formula is C20H21NO2. The lowest BCUT2D eigenvalue weighted by Gasteiger charge is -2.14. The molecule has 3 aromatic rings. The molecule has 0 amide bonds. The summed E-state index contributed by atoms with van der Waals surface area (Å²) in [6.45, 7) is 1.87. The van der Waals surface area contributed by atoms with Crippen LogP contribution in [0.2, 0.25) is 0 Å². The maximum atomic E-state index is 5.79. The van der Waals surface area contributed by atoms with E-state index in [0.717, 1.165) is 23.5 Å². The third-order valence-electron chi connectivity index (χ3n) is 3.78. The second kappa shape index (κ2) is 7.65. The van der Waals surface area contributed by atoms with Crippen LogP contribution in [0.5, 0.6) is 5.75 Å². The minimum atomic E-state index is 0.557. The fourth-order valence-electron chi connectivity index (χ4n) is 2.60. The van der Waals surface area contributed by atoms with Gasteiger partial charge in [0.1, 0.15) is 12.4 Å². The van der Waals surface area contributed by atoms with E-state index in [4.69, 9.17) is 9.47 Å². The Bertz CT molecular complexity index is 765. The largest absolute Gasteiger partial charge is 0.491 e. The van der Waals surface area contributed by atoms with Gasteiger partial charge < -0.3 is 14.8 Å². The molecule has 118 valence electrons. The zero-order valence-electron chi connectivity index (χ0n) is 13.3. The fraction of sp³-hybridized carbons (Fsp3) is 0.200. The van der Waals surface area contributed by atoms with Gasteiger partial charge in [0.05, 0.1) is 6.61 Å². The fourth-order valence-corrected chi connectivity index (χ4v) is 2.60. The Hall–Kier alpha value is -2.52. The van der Waals surface area contributed by atoms with Crippen molar-refractivity contribution in [1.82, 2.24) is 0 Å². The van der Waals surface area contributed by atoms with Gasteiger partial charge in [0.25, 0.3) is 0 Å². The monoisotopic (exact) mass is 307 g/mol.